The lowest BCUT2D eigenvalue weighted by Gasteiger charge is -2.38. The number of halogens is 3. The van der Waals surface area contributed by atoms with Crippen molar-refractivity contribution in [3.05, 3.63) is 60.2 Å². The minimum Gasteiger partial charge on any atom is -0.335 e. The number of carbonyl (C=O) groups excluding carboxylic acids is 1. The zero-order valence-corrected chi connectivity index (χ0v) is 16.3. The maximum atomic E-state index is 13.4. The number of nitrogens with zero attached hydrogens (tertiary/aromatic N) is 6. The minimum absolute atomic E-state index is 0.0117. The summed E-state index contributed by atoms with van der Waals surface area (Å²) in [6.07, 6.45) is 3.19. The van der Waals surface area contributed by atoms with Gasteiger partial charge in [-0.15, -0.1) is 0 Å². The lowest BCUT2D eigenvalue weighted by Crippen LogP contribution is -2.45. The third-order valence-corrected chi connectivity index (χ3v) is 5.38. The number of aromatic nitrogens is 5. The number of amides is 1. The topological polar surface area (TPSA) is 68.8 Å². The molecule has 2 atom stereocenters. The van der Waals surface area contributed by atoms with Crippen LogP contribution in [-0.4, -0.2) is 54.3 Å². The van der Waals surface area contributed by atoms with Gasteiger partial charge >= 0.3 is 6.18 Å². The highest BCUT2D eigenvalue weighted by atomic mass is 19.4. The van der Waals surface area contributed by atoms with Crippen molar-refractivity contribution in [2.45, 2.75) is 44.4 Å². The molecule has 0 unspecified atom stereocenters. The van der Waals surface area contributed by atoms with Gasteiger partial charge in [0, 0.05) is 24.7 Å². The van der Waals surface area contributed by atoms with Crippen molar-refractivity contribution in [1.29, 1.82) is 0 Å². The summed E-state index contributed by atoms with van der Waals surface area (Å²) in [7, 11) is 0. The molecule has 3 heterocycles. The summed E-state index contributed by atoms with van der Waals surface area (Å²) >= 11 is 0. The van der Waals surface area contributed by atoms with Crippen molar-refractivity contribution in [1.82, 2.24) is 29.7 Å². The number of piperidine rings is 1. The van der Waals surface area contributed by atoms with Crippen molar-refractivity contribution in [3.63, 3.8) is 0 Å². The van der Waals surface area contributed by atoms with Gasteiger partial charge in [0.25, 0.3) is 5.91 Å². The van der Waals surface area contributed by atoms with Crippen LogP contribution in [0.4, 0.5) is 13.2 Å². The zero-order valence-electron chi connectivity index (χ0n) is 16.3. The minimum atomic E-state index is -4.32. The van der Waals surface area contributed by atoms with Gasteiger partial charge in [0.05, 0.1) is 29.8 Å². The molecule has 1 amide bonds. The molecule has 7 nitrogen and oxygen atoms in total. The molecule has 10 heteroatoms. The maximum Gasteiger partial charge on any atom is 0.408 e. The Hall–Kier alpha value is -3.17. The summed E-state index contributed by atoms with van der Waals surface area (Å²) in [6.45, 7) is 1.28. The van der Waals surface area contributed by atoms with Gasteiger partial charge in [0.15, 0.2) is 0 Å². The zero-order chi connectivity index (χ0) is 21.3. The number of hydrogen-bond donors (Lipinski definition) is 0. The highest BCUT2D eigenvalue weighted by Gasteiger charge is 2.33. The fourth-order valence-corrected chi connectivity index (χ4v) is 3.85. The SMILES string of the molecule is C[C@@H]1CC[C@@H](c2cnn(CC(F)(F)F)c2)CN1C(=O)c1ccccc1-n1nccn1. The molecule has 1 aliphatic heterocycles. The highest BCUT2D eigenvalue weighted by molar-refractivity contribution is 5.98. The molecule has 1 fully saturated rings. The molecule has 2 aromatic heterocycles. The van der Waals surface area contributed by atoms with Gasteiger partial charge in [-0.25, -0.2) is 0 Å². The Morgan fingerprint density at radius 3 is 2.60 bits per heavy atom. The average molecular weight is 418 g/mol. The summed E-state index contributed by atoms with van der Waals surface area (Å²) in [6, 6.07) is 7.12. The van der Waals surface area contributed by atoms with Gasteiger partial charge in [0.2, 0.25) is 0 Å². The Kier molecular flexibility index (Phi) is 5.31. The summed E-state index contributed by atoms with van der Waals surface area (Å²) < 4.78 is 38.8. The molecule has 0 bridgehead atoms. The predicted octanol–water partition coefficient (Wildman–Crippen LogP) is 3.43. The van der Waals surface area contributed by atoms with Crippen molar-refractivity contribution in [3.8, 4) is 5.69 Å². The fraction of sp³-hybridized carbons (Fsp3) is 0.400. The van der Waals surface area contributed by atoms with Crippen molar-refractivity contribution >= 4 is 5.91 Å². The summed E-state index contributed by atoms with van der Waals surface area (Å²) in [5, 5.41) is 12.1. The first-order valence-electron chi connectivity index (χ1n) is 9.67. The summed E-state index contributed by atoms with van der Waals surface area (Å²) in [5.41, 5.74) is 1.78. The molecule has 1 aromatic carbocycles. The number of hydrogen-bond acceptors (Lipinski definition) is 4. The highest BCUT2D eigenvalue weighted by Crippen LogP contribution is 2.32. The summed E-state index contributed by atoms with van der Waals surface area (Å²) in [5.74, 6) is -0.218. The van der Waals surface area contributed by atoms with Crippen LogP contribution < -0.4 is 0 Å². The van der Waals surface area contributed by atoms with Crippen LogP contribution in [0.1, 0.15) is 41.6 Å². The van der Waals surface area contributed by atoms with Crippen LogP contribution in [0.2, 0.25) is 0 Å². The van der Waals surface area contributed by atoms with E-state index < -0.39 is 12.7 Å². The number of rotatable bonds is 4. The molecule has 3 aromatic rings. The third-order valence-electron chi connectivity index (χ3n) is 5.38. The molecule has 4 rings (SSSR count). The van der Waals surface area contributed by atoms with Crippen LogP contribution in [0.25, 0.3) is 5.69 Å². The maximum absolute atomic E-state index is 13.4. The number of alkyl halides is 3. The van der Waals surface area contributed by atoms with E-state index in [0.29, 0.717) is 23.4 Å². The molecule has 1 saturated heterocycles. The Bertz CT molecular complexity index is 1010. The van der Waals surface area contributed by atoms with E-state index in [1.165, 1.54) is 17.2 Å². The molecule has 0 spiro atoms. The van der Waals surface area contributed by atoms with E-state index in [1.807, 2.05) is 13.0 Å². The molecule has 0 N–H and O–H groups in total. The molecule has 0 aliphatic carbocycles. The molecule has 30 heavy (non-hydrogen) atoms. The van der Waals surface area contributed by atoms with Crippen molar-refractivity contribution in [2.75, 3.05) is 6.54 Å². The summed E-state index contributed by atoms with van der Waals surface area (Å²) in [4.78, 5) is 16.6. The first-order chi connectivity index (χ1) is 14.3. The lowest BCUT2D eigenvalue weighted by molar-refractivity contribution is -0.142. The molecular weight excluding hydrogens is 397 g/mol. The van der Waals surface area contributed by atoms with Gasteiger partial charge in [-0.1, -0.05) is 12.1 Å². The van der Waals surface area contributed by atoms with Crippen LogP contribution >= 0.6 is 0 Å². The lowest BCUT2D eigenvalue weighted by atomic mass is 9.89. The molecule has 1 aliphatic rings. The monoisotopic (exact) mass is 418 g/mol. The number of para-hydroxylation sites is 1. The van der Waals surface area contributed by atoms with Crippen LogP contribution in [0.5, 0.6) is 0 Å². The predicted molar refractivity (Wildman–Crippen MR) is 102 cm³/mol. The number of carbonyl (C=O) groups is 1. The van der Waals surface area contributed by atoms with Crippen LogP contribution in [0.15, 0.2) is 49.1 Å². The molecule has 158 valence electrons. The van der Waals surface area contributed by atoms with Gasteiger partial charge in [-0.3, -0.25) is 9.48 Å². The van der Waals surface area contributed by atoms with Crippen LogP contribution in [0, 0.1) is 0 Å². The Morgan fingerprint density at radius 1 is 1.13 bits per heavy atom. The van der Waals surface area contributed by atoms with E-state index in [2.05, 4.69) is 15.3 Å². The van der Waals surface area contributed by atoms with E-state index in [-0.39, 0.29) is 17.9 Å². The van der Waals surface area contributed by atoms with Crippen LogP contribution in [-0.2, 0) is 6.54 Å². The van der Waals surface area contributed by atoms with E-state index in [4.69, 9.17) is 0 Å². The fourth-order valence-electron chi connectivity index (χ4n) is 3.85. The second-order valence-electron chi connectivity index (χ2n) is 7.50. The number of benzene rings is 1. The van der Waals surface area contributed by atoms with E-state index in [1.54, 1.807) is 35.5 Å². The normalized spacial score (nSPS) is 19.8. The van der Waals surface area contributed by atoms with Crippen LogP contribution in [0.3, 0.4) is 0 Å². The van der Waals surface area contributed by atoms with Crippen molar-refractivity contribution < 1.29 is 18.0 Å². The third kappa shape index (κ3) is 4.22. The van der Waals surface area contributed by atoms with Gasteiger partial charge in [-0.2, -0.15) is 33.3 Å². The Morgan fingerprint density at radius 2 is 1.87 bits per heavy atom. The second-order valence-corrected chi connectivity index (χ2v) is 7.50. The largest absolute Gasteiger partial charge is 0.408 e. The quantitative estimate of drug-likeness (QED) is 0.651. The van der Waals surface area contributed by atoms with Gasteiger partial charge < -0.3 is 4.90 Å². The molecular formula is C20H21F3N6O. The smallest absolute Gasteiger partial charge is 0.335 e. The Balaban J connectivity index is 1.56. The van der Waals surface area contributed by atoms with E-state index >= 15 is 0 Å². The number of likely N-dealkylation sites (tertiary alicyclic amines) is 1. The molecule has 0 saturated carbocycles. The van der Waals surface area contributed by atoms with Gasteiger partial charge in [0.1, 0.15) is 6.54 Å². The first-order valence-corrected chi connectivity index (χ1v) is 9.67. The van der Waals surface area contributed by atoms with E-state index in [0.717, 1.165) is 17.5 Å². The van der Waals surface area contributed by atoms with E-state index in [9.17, 15) is 18.0 Å². The first kappa shape index (κ1) is 20.1. The molecule has 0 radical (unpaired) electrons. The average Bonchev–Trinajstić information content (AvgIpc) is 3.39. The standard InChI is InChI=1S/C20H21F3N6O/c1-14-6-7-15(16-10-26-27(11-16)13-20(21,22)23)12-28(14)19(30)17-4-2-3-5-18(17)29-24-8-9-25-29/h2-5,8-11,14-15H,6-7,12-13H2,1H3/t14-,15-/m1/s1. The van der Waals surface area contributed by atoms with Gasteiger partial charge in [-0.05, 0) is 37.5 Å². The van der Waals surface area contributed by atoms with Crippen molar-refractivity contribution in [2.24, 2.45) is 0 Å². The Labute approximate surface area is 171 Å². The second kappa shape index (κ2) is 7.92.